The second-order valence-corrected chi connectivity index (χ2v) is 6.84. The molecule has 8 nitrogen and oxygen atoms in total. The first-order valence-electron chi connectivity index (χ1n) is 10.2. The van der Waals surface area contributed by atoms with E-state index in [4.69, 9.17) is 9.73 Å². The first kappa shape index (κ1) is 23.5. The van der Waals surface area contributed by atoms with Crippen LogP contribution >= 0.6 is 24.0 Å². The first-order valence-corrected chi connectivity index (χ1v) is 10.2. The van der Waals surface area contributed by atoms with Gasteiger partial charge < -0.3 is 15.4 Å². The Kier molecular flexibility index (Phi) is 8.79. The van der Waals surface area contributed by atoms with E-state index in [0.717, 1.165) is 29.1 Å². The van der Waals surface area contributed by atoms with Gasteiger partial charge in [-0.05, 0) is 30.7 Å². The second kappa shape index (κ2) is 12.0. The standard InChI is InChI=1S/C23H25N7O.HI/c1-2-24-23(27-16-21-29-28-20-12-6-7-14-30(20)21)26-15-19-11-8-13-25-22(19)31-17-18-9-4-3-5-10-18;/h3-14H,2,15-17H2,1H3,(H2,24,26,27);1H. The molecule has 9 heteroatoms. The highest BCUT2D eigenvalue weighted by Crippen LogP contribution is 2.17. The molecule has 166 valence electrons. The summed E-state index contributed by atoms with van der Waals surface area (Å²) in [5.41, 5.74) is 2.83. The molecule has 0 bridgehead atoms. The lowest BCUT2D eigenvalue weighted by Crippen LogP contribution is -2.37. The van der Waals surface area contributed by atoms with Crippen molar-refractivity contribution >= 4 is 35.6 Å². The third-order valence-electron chi connectivity index (χ3n) is 4.62. The smallest absolute Gasteiger partial charge is 0.218 e. The van der Waals surface area contributed by atoms with E-state index in [9.17, 15) is 0 Å². The van der Waals surface area contributed by atoms with E-state index in [2.05, 4.69) is 25.8 Å². The Labute approximate surface area is 204 Å². The quantitative estimate of drug-likeness (QED) is 0.201. The zero-order valence-electron chi connectivity index (χ0n) is 17.8. The summed E-state index contributed by atoms with van der Waals surface area (Å²) in [6.45, 7) is 4.18. The normalized spacial score (nSPS) is 11.1. The molecular formula is C23H26IN7O. The van der Waals surface area contributed by atoms with E-state index in [0.29, 0.717) is 31.5 Å². The Hall–Kier alpha value is -3.21. The molecule has 32 heavy (non-hydrogen) atoms. The zero-order chi connectivity index (χ0) is 21.3. The van der Waals surface area contributed by atoms with Crippen molar-refractivity contribution in [2.45, 2.75) is 26.6 Å². The fourth-order valence-electron chi connectivity index (χ4n) is 3.08. The molecule has 3 heterocycles. The molecule has 4 aromatic rings. The summed E-state index contributed by atoms with van der Waals surface area (Å²) in [6.07, 6.45) is 3.68. The molecule has 0 saturated heterocycles. The molecular weight excluding hydrogens is 517 g/mol. The van der Waals surface area contributed by atoms with Gasteiger partial charge in [0, 0.05) is 24.5 Å². The van der Waals surface area contributed by atoms with Crippen molar-refractivity contribution in [2.24, 2.45) is 4.99 Å². The molecule has 4 rings (SSSR count). The number of benzene rings is 1. The van der Waals surface area contributed by atoms with Crippen LogP contribution in [0.2, 0.25) is 0 Å². The highest BCUT2D eigenvalue weighted by Gasteiger charge is 2.08. The van der Waals surface area contributed by atoms with Gasteiger partial charge in [-0.1, -0.05) is 42.5 Å². The van der Waals surface area contributed by atoms with Crippen LogP contribution in [-0.2, 0) is 19.7 Å². The van der Waals surface area contributed by atoms with Gasteiger partial charge in [0.1, 0.15) is 6.61 Å². The number of guanidine groups is 1. The van der Waals surface area contributed by atoms with Gasteiger partial charge in [-0.15, -0.1) is 34.2 Å². The van der Waals surface area contributed by atoms with E-state index < -0.39 is 0 Å². The lowest BCUT2D eigenvalue weighted by atomic mass is 10.2. The van der Waals surface area contributed by atoms with Gasteiger partial charge in [0.15, 0.2) is 17.4 Å². The Morgan fingerprint density at radius 3 is 2.69 bits per heavy atom. The van der Waals surface area contributed by atoms with E-state index >= 15 is 0 Å². The molecule has 0 radical (unpaired) electrons. The Morgan fingerprint density at radius 1 is 1.00 bits per heavy atom. The van der Waals surface area contributed by atoms with Crippen molar-refractivity contribution < 1.29 is 4.74 Å². The minimum absolute atomic E-state index is 0. The molecule has 1 aromatic carbocycles. The summed E-state index contributed by atoms with van der Waals surface area (Å²) < 4.78 is 7.89. The van der Waals surface area contributed by atoms with E-state index in [1.54, 1.807) is 6.20 Å². The average Bonchev–Trinajstić information content (AvgIpc) is 3.24. The van der Waals surface area contributed by atoms with Crippen LogP contribution in [0.1, 0.15) is 23.9 Å². The van der Waals surface area contributed by atoms with Gasteiger partial charge in [-0.2, -0.15) is 0 Å². The molecule has 0 atom stereocenters. The van der Waals surface area contributed by atoms with Crippen molar-refractivity contribution in [3.8, 4) is 5.88 Å². The minimum Gasteiger partial charge on any atom is -0.473 e. The summed E-state index contributed by atoms with van der Waals surface area (Å²) in [5.74, 6) is 2.09. The van der Waals surface area contributed by atoms with Gasteiger partial charge in [-0.3, -0.25) is 4.40 Å². The lowest BCUT2D eigenvalue weighted by Gasteiger charge is -2.12. The monoisotopic (exact) mass is 543 g/mol. The highest BCUT2D eigenvalue weighted by molar-refractivity contribution is 14.0. The molecule has 0 amide bonds. The van der Waals surface area contributed by atoms with E-state index in [-0.39, 0.29) is 24.0 Å². The van der Waals surface area contributed by atoms with Gasteiger partial charge in [0.05, 0.1) is 13.1 Å². The molecule has 0 aliphatic rings. The van der Waals surface area contributed by atoms with Crippen LogP contribution in [0.25, 0.3) is 5.65 Å². The number of hydrogen-bond acceptors (Lipinski definition) is 5. The Morgan fingerprint density at radius 2 is 1.84 bits per heavy atom. The Bertz CT molecular complexity index is 1150. The number of ether oxygens (including phenoxy) is 1. The molecule has 2 N–H and O–H groups in total. The predicted octanol–water partition coefficient (Wildman–Crippen LogP) is 3.58. The predicted molar refractivity (Wildman–Crippen MR) is 135 cm³/mol. The number of nitrogens with one attached hydrogen (secondary N) is 2. The van der Waals surface area contributed by atoms with E-state index in [1.165, 1.54) is 0 Å². The molecule has 0 saturated carbocycles. The van der Waals surface area contributed by atoms with Gasteiger partial charge in [-0.25, -0.2) is 9.98 Å². The van der Waals surface area contributed by atoms with Crippen LogP contribution < -0.4 is 15.4 Å². The van der Waals surface area contributed by atoms with Crippen LogP contribution in [0.5, 0.6) is 5.88 Å². The maximum absolute atomic E-state index is 5.94. The number of aliphatic imine (C=N–C) groups is 1. The summed E-state index contributed by atoms with van der Waals surface area (Å²) in [5, 5.41) is 15.0. The van der Waals surface area contributed by atoms with Crippen LogP contribution in [0.3, 0.4) is 0 Å². The van der Waals surface area contributed by atoms with Crippen LogP contribution in [0.15, 0.2) is 78.0 Å². The van der Waals surface area contributed by atoms with Crippen molar-refractivity contribution in [3.05, 3.63) is 90.0 Å². The van der Waals surface area contributed by atoms with Crippen molar-refractivity contribution in [2.75, 3.05) is 6.54 Å². The van der Waals surface area contributed by atoms with Gasteiger partial charge in [0.2, 0.25) is 5.88 Å². The average molecular weight is 543 g/mol. The van der Waals surface area contributed by atoms with Crippen molar-refractivity contribution in [1.82, 2.24) is 30.2 Å². The number of rotatable bonds is 8. The molecule has 0 unspecified atom stereocenters. The third-order valence-corrected chi connectivity index (χ3v) is 4.62. The molecule has 0 spiro atoms. The molecule has 3 aromatic heterocycles. The number of pyridine rings is 2. The highest BCUT2D eigenvalue weighted by atomic mass is 127. The van der Waals surface area contributed by atoms with Gasteiger partial charge >= 0.3 is 0 Å². The topological polar surface area (TPSA) is 88.7 Å². The van der Waals surface area contributed by atoms with Crippen molar-refractivity contribution in [1.29, 1.82) is 0 Å². The number of aromatic nitrogens is 4. The fraction of sp³-hybridized carbons (Fsp3) is 0.217. The lowest BCUT2D eigenvalue weighted by molar-refractivity contribution is 0.290. The zero-order valence-corrected chi connectivity index (χ0v) is 20.1. The van der Waals surface area contributed by atoms with Crippen LogP contribution in [0.4, 0.5) is 0 Å². The first-order chi connectivity index (χ1) is 15.3. The maximum atomic E-state index is 5.94. The van der Waals surface area contributed by atoms with Crippen LogP contribution in [0, 0.1) is 0 Å². The molecule has 0 aliphatic heterocycles. The van der Waals surface area contributed by atoms with Crippen LogP contribution in [-0.4, -0.2) is 32.1 Å². The fourth-order valence-corrected chi connectivity index (χ4v) is 3.08. The maximum Gasteiger partial charge on any atom is 0.218 e. The number of nitrogens with zero attached hydrogens (tertiary/aromatic N) is 5. The SMILES string of the molecule is CCNC(=NCc1cccnc1OCc1ccccc1)NCc1nnc2ccccn12.I. The number of hydrogen-bond donors (Lipinski definition) is 2. The van der Waals surface area contributed by atoms with E-state index in [1.807, 2.05) is 78.2 Å². The summed E-state index contributed by atoms with van der Waals surface area (Å²) in [7, 11) is 0. The summed E-state index contributed by atoms with van der Waals surface area (Å²) >= 11 is 0. The summed E-state index contributed by atoms with van der Waals surface area (Å²) in [4.78, 5) is 9.08. The molecule has 0 fully saturated rings. The second-order valence-electron chi connectivity index (χ2n) is 6.84. The third kappa shape index (κ3) is 6.16. The van der Waals surface area contributed by atoms with Crippen molar-refractivity contribution in [3.63, 3.8) is 0 Å². The minimum atomic E-state index is 0. The Balaban J connectivity index is 0.00000289. The number of fused-ring (bicyclic) bond motifs is 1. The summed E-state index contributed by atoms with van der Waals surface area (Å²) in [6, 6.07) is 19.7. The number of halogens is 1. The molecule has 0 aliphatic carbocycles. The van der Waals surface area contributed by atoms with Gasteiger partial charge in [0.25, 0.3) is 0 Å². The largest absolute Gasteiger partial charge is 0.473 e.